The van der Waals surface area contributed by atoms with Crippen molar-refractivity contribution in [1.82, 2.24) is 4.90 Å². The van der Waals surface area contributed by atoms with Gasteiger partial charge in [0.05, 0.1) is 19.3 Å². The Hall–Kier alpha value is -2.31. The van der Waals surface area contributed by atoms with E-state index in [1.807, 2.05) is 35.2 Å². The summed E-state index contributed by atoms with van der Waals surface area (Å²) in [5, 5.41) is 2.54. The first kappa shape index (κ1) is 18.5. The molecule has 1 aliphatic heterocycles. The summed E-state index contributed by atoms with van der Waals surface area (Å²) in [6, 6.07) is 13.0. The predicted molar refractivity (Wildman–Crippen MR) is 95.7 cm³/mol. The molecule has 1 N–H and O–H groups in total. The number of rotatable bonds is 6. The molecule has 1 saturated heterocycles. The number of piperidine rings is 1. The van der Waals surface area contributed by atoms with Gasteiger partial charge in [0.15, 0.2) is 0 Å². The van der Waals surface area contributed by atoms with Crippen molar-refractivity contribution in [2.75, 3.05) is 25.0 Å². The molecule has 4 nitrogen and oxygen atoms in total. The van der Waals surface area contributed by atoms with Gasteiger partial charge in [0, 0.05) is 24.8 Å². The first-order valence-corrected chi connectivity index (χ1v) is 8.72. The summed E-state index contributed by atoms with van der Waals surface area (Å²) >= 11 is 0. The number of hydrogen-bond donors (Lipinski definition) is 1. The first-order chi connectivity index (χ1) is 12.6. The van der Waals surface area contributed by atoms with Gasteiger partial charge in [-0.2, -0.15) is 0 Å². The molecule has 6 heteroatoms. The van der Waals surface area contributed by atoms with Gasteiger partial charge in [-0.15, -0.1) is 0 Å². The van der Waals surface area contributed by atoms with Gasteiger partial charge in [-0.1, -0.05) is 30.3 Å². The smallest absolute Gasteiger partial charge is 0.238 e. The third-order valence-corrected chi connectivity index (χ3v) is 4.38. The molecule has 1 amide bonds. The normalized spacial score (nSPS) is 15.8. The van der Waals surface area contributed by atoms with Crippen molar-refractivity contribution < 1.29 is 18.3 Å². The molecule has 3 rings (SSSR count). The van der Waals surface area contributed by atoms with Gasteiger partial charge < -0.3 is 10.1 Å². The molecule has 0 spiro atoms. The molecule has 0 atom stereocenters. The summed E-state index contributed by atoms with van der Waals surface area (Å²) < 4.78 is 32.3. The van der Waals surface area contributed by atoms with Crippen LogP contribution in [0.3, 0.4) is 0 Å². The summed E-state index contributed by atoms with van der Waals surface area (Å²) in [5.41, 5.74) is 1.28. The first-order valence-electron chi connectivity index (χ1n) is 8.72. The van der Waals surface area contributed by atoms with E-state index >= 15 is 0 Å². The van der Waals surface area contributed by atoms with Crippen LogP contribution in [-0.2, 0) is 16.1 Å². The highest BCUT2D eigenvalue weighted by atomic mass is 19.1. The monoisotopic (exact) mass is 360 g/mol. The maximum atomic E-state index is 13.2. The zero-order valence-corrected chi connectivity index (χ0v) is 14.5. The Morgan fingerprint density at radius 1 is 1.08 bits per heavy atom. The summed E-state index contributed by atoms with van der Waals surface area (Å²) in [6.07, 6.45) is 1.90. The third-order valence-electron chi connectivity index (χ3n) is 4.38. The van der Waals surface area contributed by atoms with Crippen molar-refractivity contribution in [1.29, 1.82) is 0 Å². The number of nitrogens with zero attached hydrogens (tertiary/aromatic N) is 1. The van der Waals surface area contributed by atoms with Gasteiger partial charge in [0.1, 0.15) is 11.6 Å². The Bertz CT molecular complexity index is 712. The third kappa shape index (κ3) is 5.61. The minimum absolute atomic E-state index is 0.133. The molecule has 0 radical (unpaired) electrons. The van der Waals surface area contributed by atoms with Crippen LogP contribution in [0.1, 0.15) is 18.4 Å². The van der Waals surface area contributed by atoms with Gasteiger partial charge in [-0.3, -0.25) is 9.69 Å². The summed E-state index contributed by atoms with van der Waals surface area (Å²) in [5.74, 6) is -1.70. The SMILES string of the molecule is O=C(CN1CCC(OCc2ccccc2)CC1)Nc1cc(F)cc(F)c1. The van der Waals surface area contributed by atoms with E-state index in [0.29, 0.717) is 6.61 Å². The van der Waals surface area contributed by atoms with E-state index in [1.54, 1.807) is 0 Å². The fraction of sp³-hybridized carbons (Fsp3) is 0.350. The van der Waals surface area contributed by atoms with Crippen molar-refractivity contribution in [2.45, 2.75) is 25.6 Å². The number of likely N-dealkylation sites (tertiary alicyclic amines) is 1. The minimum atomic E-state index is -0.711. The van der Waals surface area contributed by atoms with E-state index in [0.717, 1.165) is 49.7 Å². The lowest BCUT2D eigenvalue weighted by Crippen LogP contribution is -2.41. The number of amides is 1. The van der Waals surface area contributed by atoms with Gasteiger partial charge in [0.2, 0.25) is 5.91 Å². The van der Waals surface area contributed by atoms with E-state index in [4.69, 9.17) is 4.74 Å². The zero-order valence-electron chi connectivity index (χ0n) is 14.5. The Labute approximate surface area is 151 Å². The lowest BCUT2D eigenvalue weighted by molar-refractivity contribution is -0.118. The van der Waals surface area contributed by atoms with Crippen LogP contribution in [0.4, 0.5) is 14.5 Å². The summed E-state index contributed by atoms with van der Waals surface area (Å²) in [6.45, 7) is 2.30. The van der Waals surface area contributed by atoms with Gasteiger partial charge >= 0.3 is 0 Å². The molecule has 0 bridgehead atoms. The molecule has 26 heavy (non-hydrogen) atoms. The Morgan fingerprint density at radius 3 is 2.38 bits per heavy atom. The topological polar surface area (TPSA) is 41.6 Å². The molecule has 1 heterocycles. The van der Waals surface area contributed by atoms with E-state index < -0.39 is 11.6 Å². The molecular formula is C20H22F2N2O2. The number of hydrogen-bond acceptors (Lipinski definition) is 3. The average Bonchev–Trinajstić information content (AvgIpc) is 2.61. The highest BCUT2D eigenvalue weighted by Gasteiger charge is 2.21. The number of anilines is 1. The van der Waals surface area contributed by atoms with E-state index in [-0.39, 0.29) is 24.2 Å². The molecule has 2 aromatic rings. The Kier molecular flexibility index (Phi) is 6.30. The quantitative estimate of drug-likeness (QED) is 0.856. The van der Waals surface area contributed by atoms with Crippen LogP contribution in [0.25, 0.3) is 0 Å². The second kappa shape index (κ2) is 8.87. The average molecular weight is 360 g/mol. The zero-order chi connectivity index (χ0) is 18.4. The maximum absolute atomic E-state index is 13.2. The second-order valence-corrected chi connectivity index (χ2v) is 6.48. The Balaban J connectivity index is 1.40. The van der Waals surface area contributed by atoms with E-state index in [2.05, 4.69) is 5.32 Å². The van der Waals surface area contributed by atoms with Gasteiger partial charge in [-0.25, -0.2) is 8.78 Å². The molecule has 1 fully saturated rings. The Morgan fingerprint density at radius 2 is 1.73 bits per heavy atom. The molecule has 0 aliphatic carbocycles. The van der Waals surface area contributed by atoms with E-state index in [9.17, 15) is 13.6 Å². The number of halogens is 2. The summed E-state index contributed by atoms with van der Waals surface area (Å²) in [4.78, 5) is 14.1. The van der Waals surface area contributed by atoms with Gasteiger partial charge in [-0.05, 0) is 30.5 Å². The largest absolute Gasteiger partial charge is 0.373 e. The standard InChI is InChI=1S/C20H22F2N2O2/c21-16-10-17(22)12-18(11-16)23-20(25)13-24-8-6-19(7-9-24)26-14-15-4-2-1-3-5-15/h1-5,10-12,19H,6-9,13-14H2,(H,23,25). The van der Waals surface area contributed by atoms with Crippen LogP contribution in [0.5, 0.6) is 0 Å². The van der Waals surface area contributed by atoms with Crippen LogP contribution in [0, 0.1) is 11.6 Å². The molecule has 2 aromatic carbocycles. The van der Waals surface area contributed by atoms with Crippen molar-refractivity contribution in [3.63, 3.8) is 0 Å². The molecule has 0 unspecified atom stereocenters. The molecule has 0 saturated carbocycles. The molecular weight excluding hydrogens is 338 g/mol. The van der Waals surface area contributed by atoms with Crippen molar-refractivity contribution >= 4 is 11.6 Å². The minimum Gasteiger partial charge on any atom is -0.373 e. The number of nitrogens with one attached hydrogen (secondary N) is 1. The predicted octanol–water partition coefficient (Wildman–Crippen LogP) is 3.58. The van der Waals surface area contributed by atoms with E-state index in [1.165, 1.54) is 0 Å². The lowest BCUT2D eigenvalue weighted by Gasteiger charge is -2.31. The highest BCUT2D eigenvalue weighted by Crippen LogP contribution is 2.16. The second-order valence-electron chi connectivity index (χ2n) is 6.48. The highest BCUT2D eigenvalue weighted by molar-refractivity contribution is 5.92. The number of carbonyl (C=O) groups excluding carboxylic acids is 1. The number of benzene rings is 2. The van der Waals surface area contributed by atoms with Crippen LogP contribution < -0.4 is 5.32 Å². The van der Waals surface area contributed by atoms with Crippen LogP contribution >= 0.6 is 0 Å². The van der Waals surface area contributed by atoms with Gasteiger partial charge in [0.25, 0.3) is 0 Å². The van der Waals surface area contributed by atoms with Crippen LogP contribution in [0.2, 0.25) is 0 Å². The van der Waals surface area contributed by atoms with Crippen LogP contribution in [0.15, 0.2) is 48.5 Å². The van der Waals surface area contributed by atoms with Crippen molar-refractivity contribution in [3.05, 3.63) is 65.7 Å². The number of carbonyl (C=O) groups is 1. The van der Waals surface area contributed by atoms with Crippen LogP contribution in [-0.4, -0.2) is 36.5 Å². The number of ether oxygens (including phenoxy) is 1. The summed E-state index contributed by atoms with van der Waals surface area (Å²) in [7, 11) is 0. The van der Waals surface area contributed by atoms with Crippen molar-refractivity contribution in [3.8, 4) is 0 Å². The lowest BCUT2D eigenvalue weighted by atomic mass is 10.1. The fourth-order valence-electron chi connectivity index (χ4n) is 3.05. The van der Waals surface area contributed by atoms with Crippen molar-refractivity contribution in [2.24, 2.45) is 0 Å². The molecule has 138 valence electrons. The molecule has 0 aromatic heterocycles. The maximum Gasteiger partial charge on any atom is 0.238 e. The fourth-order valence-corrected chi connectivity index (χ4v) is 3.05. The molecule has 1 aliphatic rings.